The zero-order chi connectivity index (χ0) is 13.7. The van der Waals surface area contributed by atoms with Crippen LogP contribution in [-0.2, 0) is 4.74 Å². The fourth-order valence-electron chi connectivity index (χ4n) is 2.14. The predicted octanol–water partition coefficient (Wildman–Crippen LogP) is 2.61. The van der Waals surface area contributed by atoms with Crippen LogP contribution in [0.5, 0.6) is 5.75 Å². The van der Waals surface area contributed by atoms with Gasteiger partial charge in [0.05, 0.1) is 12.7 Å². The molecule has 1 aromatic carbocycles. The summed E-state index contributed by atoms with van der Waals surface area (Å²) in [6.45, 7) is 2.28. The molecule has 1 aliphatic heterocycles. The van der Waals surface area contributed by atoms with Gasteiger partial charge in [0.1, 0.15) is 5.75 Å². The first-order chi connectivity index (χ1) is 9.20. The molecule has 1 aliphatic rings. The van der Waals surface area contributed by atoms with Gasteiger partial charge >= 0.3 is 0 Å². The Kier molecular flexibility index (Phi) is 5.22. The van der Waals surface area contributed by atoms with Crippen molar-refractivity contribution in [1.29, 1.82) is 0 Å². The van der Waals surface area contributed by atoms with Crippen molar-refractivity contribution in [3.8, 4) is 5.75 Å². The summed E-state index contributed by atoms with van der Waals surface area (Å²) in [5.74, 6) is 1.01. The van der Waals surface area contributed by atoms with Crippen LogP contribution in [0.15, 0.2) is 22.7 Å². The lowest BCUT2D eigenvalue weighted by Crippen LogP contribution is -2.32. The van der Waals surface area contributed by atoms with E-state index < -0.39 is 0 Å². The third-order valence-corrected chi connectivity index (χ3v) is 3.79. The van der Waals surface area contributed by atoms with Crippen LogP contribution in [0.2, 0.25) is 0 Å². The molecule has 1 saturated heterocycles. The lowest BCUT2D eigenvalue weighted by Gasteiger charge is -2.22. The summed E-state index contributed by atoms with van der Waals surface area (Å²) in [5.41, 5.74) is 0.567. The predicted molar refractivity (Wildman–Crippen MR) is 76.6 cm³/mol. The van der Waals surface area contributed by atoms with E-state index in [0.29, 0.717) is 23.8 Å². The number of amides is 1. The second-order valence-electron chi connectivity index (χ2n) is 4.61. The molecule has 1 N–H and O–H groups in total. The average Bonchev–Trinajstić information content (AvgIpc) is 2.45. The van der Waals surface area contributed by atoms with E-state index in [1.165, 1.54) is 0 Å². The highest BCUT2D eigenvalue weighted by atomic mass is 79.9. The minimum absolute atomic E-state index is 0.0872. The Morgan fingerprint density at radius 2 is 2.21 bits per heavy atom. The second-order valence-corrected chi connectivity index (χ2v) is 5.53. The van der Waals surface area contributed by atoms with E-state index in [9.17, 15) is 4.79 Å². The highest BCUT2D eigenvalue weighted by Gasteiger charge is 2.17. The molecular formula is C14H18BrNO3. The lowest BCUT2D eigenvalue weighted by atomic mass is 10.0. The Balaban J connectivity index is 1.95. The number of carbonyl (C=O) groups excluding carboxylic acids is 1. The standard InChI is InChI=1S/C14H18BrNO3/c1-18-13-8-11(15)2-3-12(13)14(17)16-9-10-4-6-19-7-5-10/h2-3,8,10H,4-7,9H2,1H3,(H,16,17). The molecule has 0 aliphatic carbocycles. The summed E-state index contributed by atoms with van der Waals surface area (Å²) in [6.07, 6.45) is 2.02. The smallest absolute Gasteiger partial charge is 0.255 e. The minimum Gasteiger partial charge on any atom is -0.496 e. The molecule has 0 bridgehead atoms. The van der Waals surface area contributed by atoms with Gasteiger partial charge in [0.2, 0.25) is 0 Å². The summed E-state index contributed by atoms with van der Waals surface area (Å²) in [7, 11) is 1.57. The molecule has 19 heavy (non-hydrogen) atoms. The molecule has 1 fully saturated rings. The Morgan fingerprint density at radius 1 is 1.47 bits per heavy atom. The van der Waals surface area contributed by atoms with Crippen molar-refractivity contribution in [2.45, 2.75) is 12.8 Å². The van der Waals surface area contributed by atoms with Crippen molar-refractivity contribution in [2.75, 3.05) is 26.9 Å². The third kappa shape index (κ3) is 3.94. The van der Waals surface area contributed by atoms with Gasteiger partial charge in [-0.25, -0.2) is 0 Å². The normalized spacial score (nSPS) is 16.1. The highest BCUT2D eigenvalue weighted by Crippen LogP contribution is 2.23. The van der Waals surface area contributed by atoms with Crippen LogP contribution < -0.4 is 10.1 Å². The summed E-state index contributed by atoms with van der Waals surface area (Å²) in [6, 6.07) is 5.40. The maximum absolute atomic E-state index is 12.1. The number of rotatable bonds is 4. The Hall–Kier alpha value is -1.07. The molecule has 0 unspecified atom stereocenters. The number of hydrogen-bond acceptors (Lipinski definition) is 3. The SMILES string of the molecule is COc1cc(Br)ccc1C(=O)NCC1CCOCC1. The van der Waals surface area contributed by atoms with Crippen molar-refractivity contribution in [3.05, 3.63) is 28.2 Å². The van der Waals surface area contributed by atoms with E-state index in [1.54, 1.807) is 19.2 Å². The topological polar surface area (TPSA) is 47.6 Å². The van der Waals surface area contributed by atoms with Crippen LogP contribution in [0, 0.1) is 5.92 Å². The van der Waals surface area contributed by atoms with Gasteiger partial charge in [-0.05, 0) is 37.0 Å². The van der Waals surface area contributed by atoms with Crippen molar-refractivity contribution >= 4 is 21.8 Å². The van der Waals surface area contributed by atoms with E-state index in [-0.39, 0.29) is 5.91 Å². The van der Waals surface area contributed by atoms with E-state index in [1.807, 2.05) is 6.07 Å². The number of benzene rings is 1. The molecule has 5 heteroatoms. The van der Waals surface area contributed by atoms with E-state index in [4.69, 9.17) is 9.47 Å². The molecule has 1 heterocycles. The van der Waals surface area contributed by atoms with Gasteiger partial charge < -0.3 is 14.8 Å². The van der Waals surface area contributed by atoms with E-state index in [0.717, 1.165) is 30.5 Å². The molecule has 0 atom stereocenters. The summed E-state index contributed by atoms with van der Waals surface area (Å²) in [4.78, 5) is 12.1. The first-order valence-electron chi connectivity index (χ1n) is 6.40. The quantitative estimate of drug-likeness (QED) is 0.924. The molecule has 0 radical (unpaired) electrons. The summed E-state index contributed by atoms with van der Waals surface area (Å²) in [5, 5.41) is 2.97. The largest absolute Gasteiger partial charge is 0.496 e. The van der Waals surface area contributed by atoms with Crippen molar-refractivity contribution < 1.29 is 14.3 Å². The third-order valence-electron chi connectivity index (χ3n) is 3.30. The number of carbonyl (C=O) groups is 1. The number of ether oxygens (including phenoxy) is 2. The molecule has 104 valence electrons. The maximum atomic E-state index is 12.1. The number of methoxy groups -OCH3 is 1. The molecule has 0 aromatic heterocycles. The van der Waals surface area contributed by atoms with Crippen molar-refractivity contribution in [1.82, 2.24) is 5.32 Å². The van der Waals surface area contributed by atoms with Gasteiger partial charge in [0.25, 0.3) is 5.91 Å². The maximum Gasteiger partial charge on any atom is 0.255 e. The van der Waals surface area contributed by atoms with E-state index >= 15 is 0 Å². The first-order valence-corrected chi connectivity index (χ1v) is 7.19. The Bertz CT molecular complexity index is 444. The molecule has 4 nitrogen and oxygen atoms in total. The molecular weight excluding hydrogens is 310 g/mol. The van der Waals surface area contributed by atoms with Gasteiger partial charge in [0, 0.05) is 24.2 Å². The fraction of sp³-hybridized carbons (Fsp3) is 0.500. The zero-order valence-corrected chi connectivity index (χ0v) is 12.5. The van der Waals surface area contributed by atoms with E-state index in [2.05, 4.69) is 21.2 Å². The van der Waals surface area contributed by atoms with Crippen molar-refractivity contribution in [2.24, 2.45) is 5.92 Å². The number of halogens is 1. The molecule has 0 saturated carbocycles. The van der Waals surface area contributed by atoms with Gasteiger partial charge in [-0.2, -0.15) is 0 Å². The van der Waals surface area contributed by atoms with Crippen LogP contribution in [0.25, 0.3) is 0 Å². The van der Waals surface area contributed by atoms with Crippen LogP contribution in [0.4, 0.5) is 0 Å². The number of hydrogen-bond donors (Lipinski definition) is 1. The highest BCUT2D eigenvalue weighted by molar-refractivity contribution is 9.10. The molecule has 1 amide bonds. The monoisotopic (exact) mass is 327 g/mol. The Labute approximate surface area is 121 Å². The van der Waals surface area contributed by atoms with Crippen LogP contribution in [0.3, 0.4) is 0 Å². The zero-order valence-electron chi connectivity index (χ0n) is 10.9. The molecule has 0 spiro atoms. The summed E-state index contributed by atoms with van der Waals surface area (Å²) < 4.78 is 11.4. The lowest BCUT2D eigenvalue weighted by molar-refractivity contribution is 0.0642. The fourth-order valence-corrected chi connectivity index (χ4v) is 2.48. The summed E-state index contributed by atoms with van der Waals surface area (Å²) >= 11 is 3.36. The van der Waals surface area contributed by atoms with Crippen LogP contribution >= 0.6 is 15.9 Å². The van der Waals surface area contributed by atoms with Gasteiger partial charge in [-0.3, -0.25) is 4.79 Å². The van der Waals surface area contributed by atoms with Crippen LogP contribution in [-0.4, -0.2) is 32.8 Å². The Morgan fingerprint density at radius 3 is 2.89 bits per heavy atom. The van der Waals surface area contributed by atoms with Crippen molar-refractivity contribution in [3.63, 3.8) is 0 Å². The first kappa shape index (κ1) is 14.3. The molecule has 1 aromatic rings. The van der Waals surface area contributed by atoms with Gasteiger partial charge in [-0.15, -0.1) is 0 Å². The minimum atomic E-state index is -0.0872. The number of nitrogens with one attached hydrogen (secondary N) is 1. The van der Waals surface area contributed by atoms with Crippen LogP contribution in [0.1, 0.15) is 23.2 Å². The molecule has 2 rings (SSSR count). The second kappa shape index (κ2) is 6.91. The van der Waals surface area contributed by atoms with Gasteiger partial charge in [0.15, 0.2) is 0 Å². The average molecular weight is 328 g/mol. The van der Waals surface area contributed by atoms with Gasteiger partial charge in [-0.1, -0.05) is 15.9 Å².